The lowest BCUT2D eigenvalue weighted by Crippen LogP contribution is -2.36. The van der Waals surface area contributed by atoms with Crippen molar-refractivity contribution in [3.05, 3.63) is 94.8 Å². The second-order valence-electron chi connectivity index (χ2n) is 7.23. The van der Waals surface area contributed by atoms with Crippen molar-refractivity contribution in [2.24, 2.45) is 0 Å². The third kappa shape index (κ3) is 4.04. The van der Waals surface area contributed by atoms with Crippen molar-refractivity contribution in [3.63, 3.8) is 0 Å². The summed E-state index contributed by atoms with van der Waals surface area (Å²) in [6.45, 7) is 3.11. The predicted octanol–water partition coefficient (Wildman–Crippen LogP) is 3.91. The number of pyridine rings is 1. The molecule has 2 amide bonds. The van der Waals surface area contributed by atoms with Crippen molar-refractivity contribution >= 4 is 17.5 Å². The summed E-state index contributed by atoms with van der Waals surface area (Å²) >= 11 is 0. The molecule has 2 aromatic carbocycles. The van der Waals surface area contributed by atoms with Crippen molar-refractivity contribution in [1.29, 1.82) is 0 Å². The van der Waals surface area contributed by atoms with Gasteiger partial charge in [0.15, 0.2) is 0 Å². The molecule has 0 aliphatic carbocycles. The Balaban J connectivity index is 1.51. The van der Waals surface area contributed by atoms with E-state index in [1.54, 1.807) is 17.0 Å². The summed E-state index contributed by atoms with van der Waals surface area (Å²) in [5, 5.41) is 2.93. The van der Waals surface area contributed by atoms with Crippen LogP contribution in [0.15, 0.2) is 66.9 Å². The number of nitrogens with one attached hydrogen (secondary N) is 1. The lowest BCUT2D eigenvalue weighted by Gasteiger charge is -2.29. The monoisotopic (exact) mass is 385 g/mol. The summed E-state index contributed by atoms with van der Waals surface area (Å²) in [6.07, 6.45) is 3.40. The summed E-state index contributed by atoms with van der Waals surface area (Å²) < 4.78 is 0. The summed E-state index contributed by atoms with van der Waals surface area (Å²) in [7, 11) is 0. The molecule has 2 heterocycles. The fourth-order valence-electron chi connectivity index (χ4n) is 3.66. The number of hydrogen-bond acceptors (Lipinski definition) is 3. The van der Waals surface area contributed by atoms with Gasteiger partial charge in [-0.15, -0.1) is 0 Å². The first-order valence-electron chi connectivity index (χ1n) is 9.82. The number of carbonyl (C=O) groups excluding carboxylic acids is 2. The van der Waals surface area contributed by atoms with Gasteiger partial charge in [-0.1, -0.05) is 42.5 Å². The van der Waals surface area contributed by atoms with E-state index in [4.69, 9.17) is 0 Å². The zero-order valence-corrected chi connectivity index (χ0v) is 16.4. The molecule has 0 spiro atoms. The Labute approximate surface area is 170 Å². The minimum absolute atomic E-state index is 0.175. The first-order valence-corrected chi connectivity index (χ1v) is 9.82. The third-order valence-electron chi connectivity index (χ3n) is 5.30. The lowest BCUT2D eigenvalue weighted by atomic mass is 10.0. The molecule has 5 heteroatoms. The van der Waals surface area contributed by atoms with E-state index >= 15 is 0 Å². The Bertz CT molecular complexity index is 1060. The molecule has 29 heavy (non-hydrogen) atoms. The molecule has 4 rings (SSSR count). The molecule has 3 aromatic rings. The van der Waals surface area contributed by atoms with E-state index in [0.717, 1.165) is 29.7 Å². The van der Waals surface area contributed by atoms with Gasteiger partial charge < -0.3 is 10.2 Å². The molecule has 1 aliphatic heterocycles. The van der Waals surface area contributed by atoms with Crippen molar-refractivity contribution in [3.8, 4) is 0 Å². The number of carbonyl (C=O) groups is 2. The number of aromatic nitrogens is 1. The van der Waals surface area contributed by atoms with Gasteiger partial charge >= 0.3 is 0 Å². The molecule has 0 fully saturated rings. The molecular formula is C24H23N3O2. The topological polar surface area (TPSA) is 62.3 Å². The van der Waals surface area contributed by atoms with Crippen LogP contribution in [0.3, 0.4) is 0 Å². The van der Waals surface area contributed by atoms with E-state index in [-0.39, 0.29) is 17.5 Å². The van der Waals surface area contributed by atoms with Crippen LogP contribution in [0.25, 0.3) is 0 Å². The van der Waals surface area contributed by atoms with Gasteiger partial charge in [0, 0.05) is 30.5 Å². The van der Waals surface area contributed by atoms with Crippen LogP contribution in [-0.4, -0.2) is 23.3 Å². The highest BCUT2D eigenvalue weighted by Crippen LogP contribution is 2.27. The number of nitrogens with zero attached hydrogens (tertiary/aromatic N) is 2. The highest BCUT2D eigenvalue weighted by atomic mass is 16.2. The van der Waals surface area contributed by atoms with Crippen LogP contribution >= 0.6 is 0 Å². The fraction of sp³-hybridized carbons (Fsp3) is 0.208. The number of amides is 2. The van der Waals surface area contributed by atoms with Gasteiger partial charge in [0.25, 0.3) is 11.8 Å². The summed E-state index contributed by atoms with van der Waals surface area (Å²) in [5.74, 6) is -0.394. The largest absolute Gasteiger partial charge is 0.348 e. The molecule has 0 atom stereocenters. The smallest absolute Gasteiger partial charge is 0.276 e. The maximum absolute atomic E-state index is 13.1. The molecule has 0 unspecified atom stereocenters. The minimum Gasteiger partial charge on any atom is -0.348 e. The van der Waals surface area contributed by atoms with Gasteiger partial charge in [0.05, 0.1) is 0 Å². The molecule has 1 N–H and O–H groups in total. The molecule has 1 aromatic heterocycles. The summed E-state index contributed by atoms with van der Waals surface area (Å²) in [4.78, 5) is 31.7. The third-order valence-corrected chi connectivity index (χ3v) is 5.30. The Morgan fingerprint density at radius 1 is 1.07 bits per heavy atom. The van der Waals surface area contributed by atoms with Gasteiger partial charge in [-0.25, -0.2) is 0 Å². The zero-order valence-electron chi connectivity index (χ0n) is 16.4. The van der Waals surface area contributed by atoms with Gasteiger partial charge in [0.2, 0.25) is 0 Å². The summed E-state index contributed by atoms with van der Waals surface area (Å²) in [5.41, 5.74) is 5.00. The van der Waals surface area contributed by atoms with E-state index in [1.165, 1.54) is 11.8 Å². The van der Waals surface area contributed by atoms with E-state index in [0.29, 0.717) is 18.7 Å². The predicted molar refractivity (Wildman–Crippen MR) is 113 cm³/mol. The van der Waals surface area contributed by atoms with Gasteiger partial charge in [-0.2, -0.15) is 0 Å². The number of aryl methyl sites for hydroxylation is 2. The molecule has 0 bridgehead atoms. The Morgan fingerprint density at radius 2 is 1.86 bits per heavy atom. The highest BCUT2D eigenvalue weighted by Gasteiger charge is 2.24. The number of rotatable bonds is 4. The SMILES string of the molecule is Cc1ccccc1CNC(=O)c1ccnc(C(=O)N2CCCc3ccccc32)c1. The Kier molecular flexibility index (Phi) is 5.38. The van der Waals surface area contributed by atoms with Gasteiger partial charge in [-0.05, 0) is 54.7 Å². The number of benzene rings is 2. The van der Waals surface area contributed by atoms with Crippen LogP contribution in [0.1, 0.15) is 44.0 Å². The van der Waals surface area contributed by atoms with Gasteiger partial charge in [-0.3, -0.25) is 14.6 Å². The first kappa shape index (κ1) is 18.9. The van der Waals surface area contributed by atoms with Crippen molar-refractivity contribution in [2.75, 3.05) is 11.4 Å². The van der Waals surface area contributed by atoms with Crippen molar-refractivity contribution in [1.82, 2.24) is 10.3 Å². The standard InChI is InChI=1S/C24H23N3O2/c1-17-7-2-3-9-20(17)16-26-23(28)19-12-13-25-21(15-19)24(29)27-14-6-10-18-8-4-5-11-22(18)27/h2-5,7-9,11-13,15H,6,10,14,16H2,1H3,(H,26,28). The molecule has 0 saturated heterocycles. The second kappa shape index (κ2) is 8.27. The Hall–Kier alpha value is -3.47. The van der Waals surface area contributed by atoms with Gasteiger partial charge in [0.1, 0.15) is 5.69 Å². The normalized spacial score (nSPS) is 12.9. The number of fused-ring (bicyclic) bond motifs is 1. The van der Waals surface area contributed by atoms with Crippen LogP contribution in [0.2, 0.25) is 0 Å². The summed E-state index contributed by atoms with van der Waals surface area (Å²) in [6, 6.07) is 19.1. The molecule has 5 nitrogen and oxygen atoms in total. The fourth-order valence-corrected chi connectivity index (χ4v) is 3.66. The molecule has 0 saturated carbocycles. The average Bonchev–Trinajstić information content (AvgIpc) is 2.77. The number of para-hydroxylation sites is 1. The molecule has 146 valence electrons. The minimum atomic E-state index is -0.219. The average molecular weight is 385 g/mol. The van der Waals surface area contributed by atoms with E-state index in [1.807, 2.05) is 49.4 Å². The van der Waals surface area contributed by atoms with Crippen molar-refractivity contribution in [2.45, 2.75) is 26.3 Å². The number of anilines is 1. The number of hydrogen-bond donors (Lipinski definition) is 1. The van der Waals surface area contributed by atoms with E-state index in [9.17, 15) is 9.59 Å². The molecular weight excluding hydrogens is 362 g/mol. The molecule has 1 aliphatic rings. The first-order chi connectivity index (χ1) is 14.1. The van der Waals surface area contributed by atoms with E-state index < -0.39 is 0 Å². The van der Waals surface area contributed by atoms with Crippen LogP contribution in [0.5, 0.6) is 0 Å². The Morgan fingerprint density at radius 3 is 2.72 bits per heavy atom. The van der Waals surface area contributed by atoms with Crippen LogP contribution in [0.4, 0.5) is 5.69 Å². The quantitative estimate of drug-likeness (QED) is 0.741. The van der Waals surface area contributed by atoms with Crippen LogP contribution in [-0.2, 0) is 13.0 Å². The van der Waals surface area contributed by atoms with Crippen LogP contribution in [0, 0.1) is 6.92 Å². The second-order valence-corrected chi connectivity index (χ2v) is 7.23. The zero-order chi connectivity index (χ0) is 20.2. The maximum atomic E-state index is 13.1. The van der Waals surface area contributed by atoms with Crippen molar-refractivity contribution < 1.29 is 9.59 Å². The van der Waals surface area contributed by atoms with E-state index in [2.05, 4.69) is 16.4 Å². The highest BCUT2D eigenvalue weighted by molar-refractivity contribution is 6.07. The maximum Gasteiger partial charge on any atom is 0.276 e. The van der Waals surface area contributed by atoms with Crippen LogP contribution < -0.4 is 10.2 Å². The molecule has 0 radical (unpaired) electrons. The lowest BCUT2D eigenvalue weighted by molar-refractivity contribution is 0.0950.